The van der Waals surface area contributed by atoms with Crippen molar-refractivity contribution in [3.05, 3.63) is 34.3 Å². The van der Waals surface area contributed by atoms with Gasteiger partial charge >= 0.3 is 0 Å². The maximum Gasteiger partial charge on any atom is 0.0917 e. The maximum absolute atomic E-state index is 9.96. The van der Waals surface area contributed by atoms with Gasteiger partial charge in [0, 0.05) is 17.6 Å². The summed E-state index contributed by atoms with van der Waals surface area (Å²) in [6, 6.07) is 6.24. The SMILES string of the molecule is Cc1cc(Cl)ccc1C(O)CNC1CC1. The molecule has 1 aliphatic rings. The highest BCUT2D eigenvalue weighted by atomic mass is 35.5. The molecular weight excluding hydrogens is 210 g/mol. The summed E-state index contributed by atoms with van der Waals surface area (Å²) in [4.78, 5) is 0. The summed E-state index contributed by atoms with van der Waals surface area (Å²) in [6.45, 7) is 2.61. The molecule has 0 heterocycles. The molecule has 2 nitrogen and oxygen atoms in total. The number of nitrogens with one attached hydrogen (secondary N) is 1. The largest absolute Gasteiger partial charge is 0.387 e. The summed E-state index contributed by atoms with van der Waals surface area (Å²) >= 11 is 5.86. The lowest BCUT2D eigenvalue weighted by Gasteiger charge is -2.14. The highest BCUT2D eigenvalue weighted by Gasteiger charge is 2.22. The second-order valence-corrected chi connectivity index (χ2v) is 4.64. The van der Waals surface area contributed by atoms with Crippen LogP contribution in [-0.4, -0.2) is 17.7 Å². The zero-order valence-electron chi connectivity index (χ0n) is 8.83. The first-order valence-electron chi connectivity index (χ1n) is 5.34. The van der Waals surface area contributed by atoms with E-state index in [1.165, 1.54) is 12.8 Å². The third-order valence-electron chi connectivity index (χ3n) is 2.77. The summed E-state index contributed by atoms with van der Waals surface area (Å²) in [5.74, 6) is 0. The molecule has 0 amide bonds. The Morgan fingerprint density at radius 2 is 2.27 bits per heavy atom. The molecular formula is C12H16ClNO. The topological polar surface area (TPSA) is 32.3 Å². The summed E-state index contributed by atoms with van der Waals surface area (Å²) in [5.41, 5.74) is 2.01. The van der Waals surface area contributed by atoms with Crippen LogP contribution in [0.2, 0.25) is 5.02 Å². The van der Waals surface area contributed by atoms with Crippen molar-refractivity contribution >= 4 is 11.6 Å². The first-order valence-corrected chi connectivity index (χ1v) is 5.72. The van der Waals surface area contributed by atoms with E-state index in [0.29, 0.717) is 12.6 Å². The van der Waals surface area contributed by atoms with Crippen LogP contribution in [0.1, 0.15) is 30.1 Å². The molecule has 1 saturated carbocycles. The van der Waals surface area contributed by atoms with Crippen molar-refractivity contribution in [1.29, 1.82) is 0 Å². The first kappa shape index (κ1) is 10.9. The number of hydrogen-bond donors (Lipinski definition) is 2. The first-order chi connectivity index (χ1) is 7.16. The number of halogens is 1. The van der Waals surface area contributed by atoms with E-state index in [-0.39, 0.29) is 0 Å². The van der Waals surface area contributed by atoms with Crippen LogP contribution in [-0.2, 0) is 0 Å². The summed E-state index contributed by atoms with van der Waals surface area (Å²) in [6.07, 6.45) is 2.06. The summed E-state index contributed by atoms with van der Waals surface area (Å²) < 4.78 is 0. The van der Waals surface area contributed by atoms with Crippen molar-refractivity contribution in [3.8, 4) is 0 Å². The Labute approximate surface area is 95.3 Å². The predicted molar refractivity (Wildman–Crippen MR) is 62.2 cm³/mol. The van der Waals surface area contributed by atoms with Gasteiger partial charge in [-0.3, -0.25) is 0 Å². The van der Waals surface area contributed by atoms with Gasteiger partial charge in [-0.1, -0.05) is 17.7 Å². The van der Waals surface area contributed by atoms with Gasteiger partial charge in [-0.25, -0.2) is 0 Å². The quantitative estimate of drug-likeness (QED) is 0.825. The molecule has 0 radical (unpaired) electrons. The minimum Gasteiger partial charge on any atom is -0.387 e. The van der Waals surface area contributed by atoms with Crippen LogP contribution in [0.25, 0.3) is 0 Å². The zero-order chi connectivity index (χ0) is 10.8. The molecule has 2 N–H and O–H groups in total. The van der Waals surface area contributed by atoms with Gasteiger partial charge in [0.25, 0.3) is 0 Å². The van der Waals surface area contributed by atoms with Gasteiger partial charge < -0.3 is 10.4 Å². The van der Waals surface area contributed by atoms with Crippen LogP contribution < -0.4 is 5.32 Å². The van der Waals surface area contributed by atoms with E-state index in [0.717, 1.165) is 16.1 Å². The Bertz CT molecular complexity index is 349. The van der Waals surface area contributed by atoms with Crippen LogP contribution in [0.3, 0.4) is 0 Å². The average molecular weight is 226 g/mol. The molecule has 15 heavy (non-hydrogen) atoms. The number of aliphatic hydroxyl groups is 1. The minimum absolute atomic E-state index is 0.428. The van der Waals surface area contributed by atoms with Gasteiger partial charge in [-0.05, 0) is 43.0 Å². The second kappa shape index (κ2) is 4.52. The number of rotatable bonds is 4. The number of hydrogen-bond acceptors (Lipinski definition) is 2. The normalized spacial score (nSPS) is 17.8. The fraction of sp³-hybridized carbons (Fsp3) is 0.500. The van der Waals surface area contributed by atoms with Crippen LogP contribution >= 0.6 is 11.6 Å². The number of aryl methyl sites for hydroxylation is 1. The van der Waals surface area contributed by atoms with E-state index in [1.54, 1.807) is 0 Å². The minimum atomic E-state index is -0.428. The Hall–Kier alpha value is -0.570. The molecule has 0 saturated heterocycles. The van der Waals surface area contributed by atoms with Gasteiger partial charge in [-0.2, -0.15) is 0 Å². The van der Waals surface area contributed by atoms with Gasteiger partial charge in [0.15, 0.2) is 0 Å². The van der Waals surface area contributed by atoms with E-state index in [1.807, 2.05) is 25.1 Å². The van der Waals surface area contributed by atoms with Crippen molar-refractivity contribution in [3.63, 3.8) is 0 Å². The predicted octanol–water partition coefficient (Wildman–Crippen LogP) is 2.43. The van der Waals surface area contributed by atoms with Gasteiger partial charge in [-0.15, -0.1) is 0 Å². The molecule has 0 aromatic heterocycles. The fourth-order valence-electron chi connectivity index (χ4n) is 1.69. The van der Waals surface area contributed by atoms with Crippen molar-refractivity contribution in [2.45, 2.75) is 31.9 Å². The molecule has 1 unspecified atom stereocenters. The van der Waals surface area contributed by atoms with Gasteiger partial charge in [0.1, 0.15) is 0 Å². The van der Waals surface area contributed by atoms with E-state index in [4.69, 9.17) is 11.6 Å². The molecule has 1 aromatic rings. The molecule has 1 aliphatic carbocycles. The highest BCUT2D eigenvalue weighted by Crippen LogP contribution is 2.23. The average Bonchev–Trinajstić information content (AvgIpc) is 2.97. The lowest BCUT2D eigenvalue weighted by atomic mass is 10.0. The van der Waals surface area contributed by atoms with Crippen molar-refractivity contribution in [2.75, 3.05) is 6.54 Å². The number of benzene rings is 1. The lowest BCUT2D eigenvalue weighted by molar-refractivity contribution is 0.173. The Kier molecular flexibility index (Phi) is 3.29. The van der Waals surface area contributed by atoms with Gasteiger partial charge in [0.05, 0.1) is 6.10 Å². The Morgan fingerprint density at radius 1 is 1.53 bits per heavy atom. The third kappa shape index (κ3) is 2.94. The smallest absolute Gasteiger partial charge is 0.0917 e. The van der Waals surface area contributed by atoms with E-state index < -0.39 is 6.10 Å². The fourth-order valence-corrected chi connectivity index (χ4v) is 1.92. The summed E-state index contributed by atoms with van der Waals surface area (Å²) in [5, 5.41) is 14.0. The molecule has 0 bridgehead atoms. The second-order valence-electron chi connectivity index (χ2n) is 4.20. The van der Waals surface area contributed by atoms with E-state index in [2.05, 4.69) is 5.32 Å². The molecule has 2 rings (SSSR count). The van der Waals surface area contributed by atoms with Crippen molar-refractivity contribution in [1.82, 2.24) is 5.32 Å². The molecule has 3 heteroatoms. The van der Waals surface area contributed by atoms with Crippen LogP contribution in [0, 0.1) is 6.92 Å². The molecule has 0 spiro atoms. The molecule has 1 fully saturated rings. The lowest BCUT2D eigenvalue weighted by Crippen LogP contribution is -2.23. The van der Waals surface area contributed by atoms with Crippen LogP contribution in [0.4, 0.5) is 0 Å². The third-order valence-corrected chi connectivity index (χ3v) is 3.00. The van der Waals surface area contributed by atoms with E-state index in [9.17, 15) is 5.11 Å². The zero-order valence-corrected chi connectivity index (χ0v) is 9.59. The Balaban J connectivity index is 1.99. The van der Waals surface area contributed by atoms with E-state index >= 15 is 0 Å². The molecule has 0 aliphatic heterocycles. The van der Waals surface area contributed by atoms with Gasteiger partial charge in [0.2, 0.25) is 0 Å². The standard InChI is InChI=1S/C12H16ClNO/c1-8-6-9(13)2-5-11(8)12(15)7-14-10-3-4-10/h2,5-6,10,12,14-15H,3-4,7H2,1H3. The van der Waals surface area contributed by atoms with Crippen molar-refractivity contribution < 1.29 is 5.11 Å². The summed E-state index contributed by atoms with van der Waals surface area (Å²) in [7, 11) is 0. The van der Waals surface area contributed by atoms with Crippen LogP contribution in [0.5, 0.6) is 0 Å². The maximum atomic E-state index is 9.96. The van der Waals surface area contributed by atoms with Crippen LogP contribution in [0.15, 0.2) is 18.2 Å². The monoisotopic (exact) mass is 225 g/mol. The van der Waals surface area contributed by atoms with Crippen molar-refractivity contribution in [2.24, 2.45) is 0 Å². The molecule has 82 valence electrons. The Morgan fingerprint density at radius 3 is 2.87 bits per heavy atom. The number of aliphatic hydroxyl groups excluding tert-OH is 1. The molecule has 1 aromatic carbocycles. The molecule has 1 atom stereocenters. The highest BCUT2D eigenvalue weighted by molar-refractivity contribution is 6.30.